The zero-order chi connectivity index (χ0) is 18.4. The third-order valence-electron chi connectivity index (χ3n) is 3.68. The SMILES string of the molecule is O=C(/C=C/c1cccc(F)c1)OCC(=O)c1ccc2c(c1)OCCCO2. The maximum absolute atomic E-state index is 13.1. The van der Waals surface area contributed by atoms with E-state index >= 15 is 0 Å². The van der Waals surface area contributed by atoms with Gasteiger partial charge in [0.25, 0.3) is 0 Å². The number of fused-ring (bicyclic) bond motifs is 1. The van der Waals surface area contributed by atoms with Crippen LogP contribution in [0, 0.1) is 5.82 Å². The van der Waals surface area contributed by atoms with Gasteiger partial charge >= 0.3 is 5.97 Å². The topological polar surface area (TPSA) is 61.8 Å². The number of rotatable bonds is 5. The zero-order valence-corrected chi connectivity index (χ0v) is 13.9. The lowest BCUT2D eigenvalue weighted by Gasteiger charge is -2.08. The van der Waals surface area contributed by atoms with E-state index in [0.717, 1.165) is 12.5 Å². The third-order valence-corrected chi connectivity index (χ3v) is 3.68. The van der Waals surface area contributed by atoms with Crippen molar-refractivity contribution in [3.05, 3.63) is 65.5 Å². The van der Waals surface area contributed by atoms with Gasteiger partial charge in [-0.3, -0.25) is 4.79 Å². The van der Waals surface area contributed by atoms with Crippen molar-refractivity contribution in [2.75, 3.05) is 19.8 Å². The summed E-state index contributed by atoms with van der Waals surface area (Å²) >= 11 is 0. The molecule has 0 bridgehead atoms. The second kappa shape index (κ2) is 8.29. The third kappa shape index (κ3) is 4.69. The Morgan fingerprint density at radius 3 is 2.69 bits per heavy atom. The summed E-state index contributed by atoms with van der Waals surface area (Å²) in [6.45, 7) is 0.687. The molecule has 0 amide bonds. The highest BCUT2D eigenvalue weighted by Gasteiger charge is 2.15. The molecule has 0 radical (unpaired) electrons. The van der Waals surface area contributed by atoms with Gasteiger partial charge in [-0.15, -0.1) is 0 Å². The standard InChI is InChI=1S/C20H17FO5/c21-16-4-1-3-14(11-16)5-8-20(23)26-13-17(22)15-6-7-18-19(12-15)25-10-2-9-24-18/h1,3-8,11-12H,2,9-10,13H2/b8-5+. The molecule has 0 saturated heterocycles. The molecule has 0 atom stereocenters. The molecule has 2 aromatic carbocycles. The average Bonchev–Trinajstić information content (AvgIpc) is 2.89. The smallest absolute Gasteiger partial charge is 0.331 e. The van der Waals surface area contributed by atoms with Crippen molar-refractivity contribution in [2.24, 2.45) is 0 Å². The second-order valence-corrected chi connectivity index (χ2v) is 5.63. The normalized spacial score (nSPS) is 13.3. The summed E-state index contributed by atoms with van der Waals surface area (Å²) in [6.07, 6.45) is 3.34. The predicted molar refractivity (Wildman–Crippen MR) is 92.8 cm³/mol. The summed E-state index contributed by atoms with van der Waals surface area (Å²) in [5.41, 5.74) is 0.896. The molecule has 0 aromatic heterocycles. The number of ketones is 1. The van der Waals surface area contributed by atoms with Crippen LogP contribution in [0.2, 0.25) is 0 Å². The molecule has 5 nitrogen and oxygen atoms in total. The number of hydrogen-bond acceptors (Lipinski definition) is 5. The zero-order valence-electron chi connectivity index (χ0n) is 13.9. The van der Waals surface area contributed by atoms with Crippen LogP contribution in [0.5, 0.6) is 11.5 Å². The van der Waals surface area contributed by atoms with E-state index in [1.165, 1.54) is 24.3 Å². The van der Waals surface area contributed by atoms with Gasteiger partial charge in [-0.25, -0.2) is 9.18 Å². The molecule has 0 fully saturated rings. The Morgan fingerprint density at radius 2 is 1.88 bits per heavy atom. The molecule has 3 rings (SSSR count). The van der Waals surface area contributed by atoms with Crippen molar-refractivity contribution in [3.63, 3.8) is 0 Å². The fraction of sp³-hybridized carbons (Fsp3) is 0.200. The fourth-order valence-corrected chi connectivity index (χ4v) is 2.38. The van der Waals surface area contributed by atoms with E-state index in [4.69, 9.17) is 14.2 Å². The van der Waals surface area contributed by atoms with E-state index < -0.39 is 18.4 Å². The van der Waals surface area contributed by atoms with Gasteiger partial charge in [-0.05, 0) is 42.0 Å². The fourth-order valence-electron chi connectivity index (χ4n) is 2.38. The van der Waals surface area contributed by atoms with E-state index in [9.17, 15) is 14.0 Å². The Kier molecular flexibility index (Phi) is 5.63. The minimum atomic E-state index is -0.683. The first-order valence-corrected chi connectivity index (χ1v) is 8.15. The molecule has 0 spiro atoms. The monoisotopic (exact) mass is 356 g/mol. The van der Waals surface area contributed by atoms with Gasteiger partial charge in [-0.1, -0.05) is 12.1 Å². The lowest BCUT2D eigenvalue weighted by atomic mass is 10.1. The molecule has 134 valence electrons. The molecule has 0 N–H and O–H groups in total. The van der Waals surface area contributed by atoms with Crippen molar-refractivity contribution < 1.29 is 28.2 Å². The van der Waals surface area contributed by atoms with Crippen LogP contribution in [0.1, 0.15) is 22.3 Å². The van der Waals surface area contributed by atoms with Crippen LogP contribution >= 0.6 is 0 Å². The predicted octanol–water partition coefficient (Wildman–Crippen LogP) is 3.43. The number of esters is 1. The minimum Gasteiger partial charge on any atom is -0.490 e. The molecule has 26 heavy (non-hydrogen) atoms. The van der Waals surface area contributed by atoms with Crippen molar-refractivity contribution >= 4 is 17.8 Å². The van der Waals surface area contributed by atoms with Crippen LogP contribution < -0.4 is 9.47 Å². The summed E-state index contributed by atoms with van der Waals surface area (Å²) in [4.78, 5) is 23.9. The molecular weight excluding hydrogens is 339 g/mol. The van der Waals surface area contributed by atoms with Crippen LogP contribution in [-0.2, 0) is 9.53 Å². The first-order valence-electron chi connectivity index (χ1n) is 8.15. The minimum absolute atomic E-state index is 0.354. The van der Waals surface area contributed by atoms with Gasteiger partial charge in [0.15, 0.2) is 23.9 Å². The molecule has 0 aliphatic carbocycles. The van der Waals surface area contributed by atoms with Crippen LogP contribution in [0.25, 0.3) is 6.08 Å². The van der Waals surface area contributed by atoms with Gasteiger partial charge in [0.1, 0.15) is 5.82 Å². The first-order chi connectivity index (χ1) is 12.6. The van der Waals surface area contributed by atoms with Gasteiger partial charge in [0.05, 0.1) is 13.2 Å². The number of ether oxygens (including phenoxy) is 3. The second-order valence-electron chi connectivity index (χ2n) is 5.63. The van der Waals surface area contributed by atoms with Crippen LogP contribution in [0.15, 0.2) is 48.5 Å². The van der Waals surface area contributed by atoms with Gasteiger partial charge in [0.2, 0.25) is 0 Å². The first kappa shape index (κ1) is 17.7. The van der Waals surface area contributed by atoms with Gasteiger partial charge < -0.3 is 14.2 Å². The Labute approximate surface area is 150 Å². The molecule has 0 saturated carbocycles. The summed E-state index contributed by atoms with van der Waals surface area (Å²) in [7, 11) is 0. The highest BCUT2D eigenvalue weighted by molar-refractivity contribution is 5.99. The average molecular weight is 356 g/mol. The molecule has 6 heteroatoms. The summed E-state index contributed by atoms with van der Waals surface area (Å²) in [6, 6.07) is 10.6. The Bertz CT molecular complexity index is 844. The van der Waals surface area contributed by atoms with Crippen molar-refractivity contribution in [1.29, 1.82) is 0 Å². The van der Waals surface area contributed by atoms with Crippen molar-refractivity contribution in [1.82, 2.24) is 0 Å². The number of halogens is 1. The Hall–Kier alpha value is -3.15. The number of carbonyl (C=O) groups is 2. The largest absolute Gasteiger partial charge is 0.490 e. The molecule has 0 unspecified atom stereocenters. The van der Waals surface area contributed by atoms with Crippen LogP contribution in [-0.4, -0.2) is 31.6 Å². The summed E-state index contributed by atoms with van der Waals surface area (Å²) in [5.74, 6) is -0.338. The van der Waals surface area contributed by atoms with Crippen molar-refractivity contribution in [3.8, 4) is 11.5 Å². The van der Waals surface area contributed by atoms with E-state index in [1.54, 1.807) is 24.3 Å². The highest BCUT2D eigenvalue weighted by atomic mass is 19.1. The number of carbonyl (C=O) groups excluding carboxylic acids is 2. The molecular formula is C20H17FO5. The molecule has 1 heterocycles. The van der Waals surface area contributed by atoms with Crippen LogP contribution in [0.4, 0.5) is 4.39 Å². The summed E-state index contributed by atoms with van der Waals surface area (Å²) in [5, 5.41) is 0. The van der Waals surface area contributed by atoms with E-state index in [1.807, 2.05) is 0 Å². The number of benzene rings is 2. The Morgan fingerprint density at radius 1 is 1.08 bits per heavy atom. The highest BCUT2D eigenvalue weighted by Crippen LogP contribution is 2.30. The quantitative estimate of drug-likeness (QED) is 0.467. The Balaban J connectivity index is 1.56. The maximum atomic E-state index is 13.1. The van der Waals surface area contributed by atoms with Gasteiger partial charge in [-0.2, -0.15) is 0 Å². The lowest BCUT2D eigenvalue weighted by molar-refractivity contribution is -0.136. The number of hydrogen-bond donors (Lipinski definition) is 0. The molecule has 2 aromatic rings. The van der Waals surface area contributed by atoms with Crippen molar-refractivity contribution in [2.45, 2.75) is 6.42 Å². The molecule has 1 aliphatic rings. The molecule has 1 aliphatic heterocycles. The van der Waals surface area contributed by atoms with Crippen LogP contribution in [0.3, 0.4) is 0 Å². The summed E-state index contributed by atoms with van der Waals surface area (Å²) < 4.78 is 29.0. The van der Waals surface area contributed by atoms with E-state index in [2.05, 4.69) is 0 Å². The lowest BCUT2D eigenvalue weighted by Crippen LogP contribution is -2.12. The maximum Gasteiger partial charge on any atom is 0.331 e. The van der Waals surface area contributed by atoms with Gasteiger partial charge in [0, 0.05) is 18.1 Å². The number of Topliss-reactive ketones (excluding diaryl/α,β-unsaturated/α-hetero) is 1. The van der Waals surface area contributed by atoms with E-state index in [-0.39, 0.29) is 5.78 Å². The van der Waals surface area contributed by atoms with E-state index in [0.29, 0.717) is 35.8 Å².